The van der Waals surface area contributed by atoms with Crippen LogP contribution in [0.1, 0.15) is 53.7 Å². The highest BCUT2D eigenvalue weighted by atomic mass is 35.5. The van der Waals surface area contributed by atoms with Gasteiger partial charge in [0.25, 0.3) is 0 Å². The van der Waals surface area contributed by atoms with E-state index >= 15 is 0 Å². The maximum absolute atomic E-state index is 6.32. The number of rotatable bonds is 3. The van der Waals surface area contributed by atoms with Crippen LogP contribution < -0.4 is 5.32 Å². The van der Waals surface area contributed by atoms with Crippen molar-refractivity contribution < 1.29 is 0 Å². The molecule has 2 N–H and O–H groups in total. The molecule has 1 saturated carbocycles. The molecule has 2 fully saturated rings. The van der Waals surface area contributed by atoms with E-state index in [1.54, 1.807) is 0 Å². The van der Waals surface area contributed by atoms with Crippen molar-refractivity contribution >= 4 is 22.5 Å². The number of piperidine rings is 1. The molecule has 3 aromatic rings. The minimum absolute atomic E-state index is 0.557. The summed E-state index contributed by atoms with van der Waals surface area (Å²) in [6.45, 7) is 2.28. The first kappa shape index (κ1) is 15.4. The van der Waals surface area contributed by atoms with Gasteiger partial charge < -0.3 is 5.32 Å². The van der Waals surface area contributed by atoms with Gasteiger partial charge in [0.1, 0.15) is 0 Å². The van der Waals surface area contributed by atoms with Gasteiger partial charge >= 0.3 is 0 Å². The van der Waals surface area contributed by atoms with Gasteiger partial charge in [-0.25, -0.2) is 0 Å². The highest BCUT2D eigenvalue weighted by molar-refractivity contribution is 6.31. The normalized spacial score (nSPS) is 23.9. The summed E-state index contributed by atoms with van der Waals surface area (Å²) in [7, 11) is 0. The number of hydrogen-bond acceptors (Lipinski definition) is 2. The van der Waals surface area contributed by atoms with Gasteiger partial charge in [-0.05, 0) is 78.9 Å². The summed E-state index contributed by atoms with van der Waals surface area (Å²) >= 11 is 6.32. The van der Waals surface area contributed by atoms with Crippen LogP contribution in [-0.2, 0) is 0 Å². The molecule has 0 bridgehead atoms. The maximum atomic E-state index is 6.32. The quantitative estimate of drug-likeness (QED) is 0.700. The van der Waals surface area contributed by atoms with E-state index in [0.29, 0.717) is 17.8 Å². The van der Waals surface area contributed by atoms with E-state index < -0.39 is 0 Å². The van der Waals surface area contributed by atoms with Crippen LogP contribution in [0.4, 0.5) is 0 Å². The zero-order chi connectivity index (χ0) is 16.8. The van der Waals surface area contributed by atoms with Gasteiger partial charge in [0.05, 0.1) is 11.7 Å². The number of hydrogen-bond donors (Lipinski definition) is 2. The van der Waals surface area contributed by atoms with Gasteiger partial charge in [-0.1, -0.05) is 35.9 Å². The van der Waals surface area contributed by atoms with Crippen LogP contribution in [0.25, 0.3) is 10.9 Å². The van der Waals surface area contributed by atoms with Crippen molar-refractivity contribution in [1.29, 1.82) is 0 Å². The Morgan fingerprint density at radius 3 is 2.72 bits per heavy atom. The van der Waals surface area contributed by atoms with Crippen molar-refractivity contribution in [3.8, 4) is 0 Å². The number of fused-ring (bicyclic) bond motifs is 1. The highest BCUT2D eigenvalue weighted by Gasteiger charge is 2.40. The van der Waals surface area contributed by atoms with Gasteiger partial charge in [-0.15, -0.1) is 0 Å². The van der Waals surface area contributed by atoms with Crippen LogP contribution in [0.15, 0.2) is 42.6 Å². The van der Waals surface area contributed by atoms with Crippen molar-refractivity contribution in [1.82, 2.24) is 15.5 Å². The predicted molar refractivity (Wildman–Crippen MR) is 102 cm³/mol. The molecular formula is C21H22ClN3. The summed E-state index contributed by atoms with van der Waals surface area (Å²) in [5.74, 6) is 1.88. The molecule has 0 radical (unpaired) electrons. The van der Waals surface area contributed by atoms with Crippen molar-refractivity contribution in [3.63, 3.8) is 0 Å². The minimum Gasteiger partial charge on any atom is -0.317 e. The molecule has 2 aliphatic rings. The minimum atomic E-state index is 0.557. The predicted octanol–water partition coefficient (Wildman–Crippen LogP) is 4.95. The van der Waals surface area contributed by atoms with E-state index in [1.165, 1.54) is 41.3 Å². The van der Waals surface area contributed by atoms with Crippen LogP contribution >= 0.6 is 11.6 Å². The van der Waals surface area contributed by atoms with Crippen molar-refractivity contribution in [2.45, 2.75) is 37.0 Å². The van der Waals surface area contributed by atoms with Crippen molar-refractivity contribution in [2.24, 2.45) is 0 Å². The van der Waals surface area contributed by atoms with Crippen molar-refractivity contribution in [2.75, 3.05) is 13.1 Å². The second-order valence-corrected chi connectivity index (χ2v) is 7.91. The maximum Gasteiger partial charge on any atom is 0.0668 e. The standard InChI is InChI=1S/C21H22ClN3/c22-16-9-18(20-12-24-25-21(20)10-16)19-11-17(19)15-3-1-2-14(8-15)13-4-6-23-7-5-13/h1-3,8-10,12-13,17,19,23H,4-7,11H2,(H,24,25)/t17-,19+/m0/s1. The molecule has 1 aromatic heterocycles. The zero-order valence-electron chi connectivity index (χ0n) is 14.1. The summed E-state index contributed by atoms with van der Waals surface area (Å²) in [6, 6.07) is 13.4. The first-order valence-corrected chi connectivity index (χ1v) is 9.60. The number of nitrogens with zero attached hydrogens (tertiary/aromatic N) is 1. The third kappa shape index (κ3) is 2.86. The Morgan fingerprint density at radius 2 is 1.84 bits per heavy atom. The molecule has 1 aliphatic heterocycles. The summed E-state index contributed by atoms with van der Waals surface area (Å²) in [6.07, 6.45) is 5.64. The fourth-order valence-electron chi connectivity index (χ4n) is 4.45. The van der Waals surface area contributed by atoms with E-state index in [-0.39, 0.29) is 0 Å². The second-order valence-electron chi connectivity index (χ2n) is 7.47. The third-order valence-corrected chi connectivity index (χ3v) is 6.11. The molecule has 25 heavy (non-hydrogen) atoms. The second kappa shape index (κ2) is 6.15. The van der Waals surface area contributed by atoms with E-state index in [2.05, 4.69) is 45.8 Å². The van der Waals surface area contributed by atoms with Gasteiger partial charge in [-0.2, -0.15) is 5.10 Å². The summed E-state index contributed by atoms with van der Waals surface area (Å²) in [4.78, 5) is 0. The monoisotopic (exact) mass is 351 g/mol. The SMILES string of the molecule is Clc1cc([C@@H]2C[C@H]2c2cccc(C3CCNCC3)c2)c2cn[nH]c2c1. The number of halogens is 1. The molecule has 4 heteroatoms. The average Bonchev–Trinajstić information content (AvgIpc) is 3.32. The number of H-pyrrole nitrogens is 1. The third-order valence-electron chi connectivity index (χ3n) is 5.89. The molecule has 0 amide bonds. The average molecular weight is 352 g/mol. The summed E-state index contributed by atoms with van der Waals surface area (Å²) in [5.41, 5.74) is 5.38. The molecule has 2 aromatic carbocycles. The smallest absolute Gasteiger partial charge is 0.0668 e. The van der Waals surface area contributed by atoms with E-state index in [4.69, 9.17) is 11.6 Å². The fourth-order valence-corrected chi connectivity index (χ4v) is 4.68. The number of aromatic amines is 1. The van der Waals surface area contributed by atoms with Crippen LogP contribution in [0.2, 0.25) is 5.02 Å². The first-order valence-electron chi connectivity index (χ1n) is 9.22. The Bertz CT molecular complexity index is 910. The molecule has 1 saturated heterocycles. The van der Waals surface area contributed by atoms with Gasteiger partial charge in [-0.3, -0.25) is 5.10 Å². The molecule has 5 rings (SSSR count). The van der Waals surface area contributed by atoms with Crippen LogP contribution in [0.3, 0.4) is 0 Å². The Balaban J connectivity index is 1.43. The number of nitrogens with one attached hydrogen (secondary N) is 2. The molecule has 2 heterocycles. The molecule has 0 unspecified atom stereocenters. The largest absolute Gasteiger partial charge is 0.317 e. The van der Waals surface area contributed by atoms with E-state index in [1.807, 2.05) is 12.3 Å². The number of aromatic nitrogens is 2. The lowest BCUT2D eigenvalue weighted by atomic mass is 9.88. The topological polar surface area (TPSA) is 40.7 Å². The summed E-state index contributed by atoms with van der Waals surface area (Å²) in [5, 5.41) is 12.7. The number of benzene rings is 2. The lowest BCUT2D eigenvalue weighted by molar-refractivity contribution is 0.460. The first-order chi connectivity index (χ1) is 12.3. The Hall–Kier alpha value is -1.84. The van der Waals surface area contributed by atoms with Crippen LogP contribution in [0, 0.1) is 0 Å². The summed E-state index contributed by atoms with van der Waals surface area (Å²) < 4.78 is 0. The zero-order valence-corrected chi connectivity index (χ0v) is 14.9. The van der Waals surface area contributed by atoms with Crippen LogP contribution in [-0.4, -0.2) is 23.3 Å². The molecule has 2 atom stereocenters. The Kier molecular flexibility index (Phi) is 3.79. The molecule has 1 aliphatic carbocycles. The Morgan fingerprint density at radius 1 is 1.00 bits per heavy atom. The van der Waals surface area contributed by atoms with Crippen molar-refractivity contribution in [3.05, 3.63) is 64.3 Å². The highest BCUT2D eigenvalue weighted by Crippen LogP contribution is 2.56. The van der Waals surface area contributed by atoms with Gasteiger partial charge in [0, 0.05) is 10.4 Å². The van der Waals surface area contributed by atoms with Gasteiger partial charge in [0.2, 0.25) is 0 Å². The fraction of sp³-hybridized carbons (Fsp3) is 0.381. The van der Waals surface area contributed by atoms with E-state index in [0.717, 1.165) is 23.6 Å². The van der Waals surface area contributed by atoms with E-state index in [9.17, 15) is 0 Å². The molecule has 3 nitrogen and oxygen atoms in total. The lowest BCUT2D eigenvalue weighted by Gasteiger charge is -2.23. The Labute approximate surface area is 152 Å². The lowest BCUT2D eigenvalue weighted by Crippen LogP contribution is -2.26. The molecular weight excluding hydrogens is 330 g/mol. The molecule has 0 spiro atoms. The van der Waals surface area contributed by atoms with Crippen LogP contribution in [0.5, 0.6) is 0 Å². The molecule has 128 valence electrons. The van der Waals surface area contributed by atoms with Gasteiger partial charge in [0.15, 0.2) is 0 Å².